The van der Waals surface area contributed by atoms with Crippen LogP contribution in [0.3, 0.4) is 0 Å². The Morgan fingerprint density at radius 2 is 1.94 bits per heavy atom. The first-order valence-corrected chi connectivity index (χ1v) is 10.9. The first kappa shape index (κ1) is 21.6. The summed E-state index contributed by atoms with van der Waals surface area (Å²) in [6.07, 6.45) is 0.695. The number of carbonyl (C=O) groups excluding carboxylic acids is 1. The van der Waals surface area contributed by atoms with Gasteiger partial charge in [0.05, 0.1) is 0 Å². The van der Waals surface area contributed by atoms with Crippen molar-refractivity contribution in [2.75, 3.05) is 26.2 Å². The van der Waals surface area contributed by atoms with Gasteiger partial charge in [-0.25, -0.2) is 0 Å². The molecule has 0 aliphatic carbocycles. The van der Waals surface area contributed by atoms with Gasteiger partial charge in [-0.2, -0.15) is 0 Å². The first-order valence-electron chi connectivity index (χ1n) is 10.9. The molecule has 31 heavy (non-hydrogen) atoms. The van der Waals surface area contributed by atoms with Crippen molar-refractivity contribution in [3.8, 4) is 11.5 Å². The zero-order valence-electron chi connectivity index (χ0n) is 17.9. The smallest absolute Gasteiger partial charge is 0.239 e. The summed E-state index contributed by atoms with van der Waals surface area (Å²) in [7, 11) is 0. The molecule has 3 atom stereocenters. The summed E-state index contributed by atoms with van der Waals surface area (Å²) in [5, 5.41) is 14.0. The Kier molecular flexibility index (Phi) is 6.75. The van der Waals surface area contributed by atoms with Crippen molar-refractivity contribution in [3.63, 3.8) is 0 Å². The molecule has 0 spiro atoms. The summed E-state index contributed by atoms with van der Waals surface area (Å²) in [6.45, 7) is 4.31. The number of primary amides is 1. The molecule has 2 aliphatic heterocycles. The molecule has 166 valence electrons. The molecule has 4 N–H and O–H groups in total. The molecule has 0 saturated carbocycles. The van der Waals surface area contributed by atoms with E-state index in [4.69, 9.17) is 15.2 Å². The van der Waals surface area contributed by atoms with Crippen molar-refractivity contribution in [1.82, 2.24) is 10.2 Å². The fraction of sp³-hybridized carbons (Fsp3) is 0.458. The van der Waals surface area contributed by atoms with Crippen molar-refractivity contribution in [1.29, 1.82) is 0 Å². The lowest BCUT2D eigenvalue weighted by atomic mass is 9.97. The second-order valence-corrected chi connectivity index (χ2v) is 8.42. The van der Waals surface area contributed by atoms with E-state index < -0.39 is 18.2 Å². The van der Waals surface area contributed by atoms with Crippen LogP contribution in [-0.2, 0) is 4.79 Å². The van der Waals surface area contributed by atoms with Gasteiger partial charge in [-0.1, -0.05) is 42.0 Å². The maximum absolute atomic E-state index is 12.2. The Hall–Kier alpha value is -2.61. The highest BCUT2D eigenvalue weighted by Crippen LogP contribution is 2.31. The van der Waals surface area contributed by atoms with Gasteiger partial charge >= 0.3 is 0 Å². The number of aliphatic hydroxyl groups is 1. The minimum absolute atomic E-state index is 0.272. The van der Waals surface area contributed by atoms with Crippen LogP contribution < -0.4 is 20.5 Å². The molecular weight excluding hydrogens is 394 g/mol. The van der Waals surface area contributed by atoms with Gasteiger partial charge in [0.1, 0.15) is 18.8 Å². The normalized spacial score (nSPS) is 21.4. The standard InChI is InChI=1S/C24H31N3O4/c1-16-5-4-6-17(13-16)23(24(25)29)27-11-9-18(10-12-27)26-14-19(28)22-15-30-20-7-2-3-8-21(20)31-22/h2-8,13,18-19,22-23,26,28H,9-12,14-15H2,1H3,(H2,25,29). The largest absolute Gasteiger partial charge is 0.486 e. The highest BCUT2D eigenvalue weighted by Gasteiger charge is 2.31. The van der Waals surface area contributed by atoms with E-state index in [0.29, 0.717) is 24.7 Å². The van der Waals surface area contributed by atoms with Gasteiger partial charge in [-0.05, 0) is 37.5 Å². The third-order valence-electron chi connectivity index (χ3n) is 6.10. The number of fused-ring (bicyclic) bond motifs is 1. The lowest BCUT2D eigenvalue weighted by Gasteiger charge is -2.37. The molecule has 2 heterocycles. The molecule has 2 aliphatic rings. The second kappa shape index (κ2) is 9.68. The van der Waals surface area contributed by atoms with Crippen molar-refractivity contribution in [3.05, 3.63) is 59.7 Å². The van der Waals surface area contributed by atoms with Crippen LogP contribution in [0.15, 0.2) is 48.5 Å². The van der Waals surface area contributed by atoms with Crippen LogP contribution in [0, 0.1) is 6.92 Å². The van der Waals surface area contributed by atoms with Crippen molar-refractivity contribution in [2.45, 2.75) is 44.1 Å². The number of aryl methyl sites for hydroxylation is 1. The van der Waals surface area contributed by atoms with E-state index in [2.05, 4.69) is 10.2 Å². The molecule has 0 aromatic heterocycles. The van der Waals surface area contributed by atoms with Crippen LogP contribution in [0.2, 0.25) is 0 Å². The monoisotopic (exact) mass is 425 g/mol. The highest BCUT2D eigenvalue weighted by molar-refractivity contribution is 5.81. The van der Waals surface area contributed by atoms with Gasteiger partial charge in [0.25, 0.3) is 0 Å². The number of hydrogen-bond acceptors (Lipinski definition) is 6. The SMILES string of the molecule is Cc1cccc(C(C(N)=O)N2CCC(NCC(O)C3COc4ccccc4O3)CC2)c1. The summed E-state index contributed by atoms with van der Waals surface area (Å²) in [5.41, 5.74) is 7.81. The maximum atomic E-state index is 12.2. The number of nitrogens with two attached hydrogens (primary N) is 1. The average Bonchev–Trinajstić information content (AvgIpc) is 2.78. The van der Waals surface area contributed by atoms with E-state index in [1.165, 1.54) is 0 Å². The molecule has 0 bridgehead atoms. The number of carbonyl (C=O) groups is 1. The number of ether oxygens (including phenoxy) is 2. The maximum Gasteiger partial charge on any atom is 0.239 e. The number of benzene rings is 2. The fourth-order valence-electron chi connectivity index (χ4n) is 4.40. The van der Waals surface area contributed by atoms with Crippen LogP contribution in [0.4, 0.5) is 0 Å². The van der Waals surface area contributed by atoms with E-state index in [1.54, 1.807) is 0 Å². The zero-order chi connectivity index (χ0) is 21.8. The molecule has 7 nitrogen and oxygen atoms in total. The summed E-state index contributed by atoms with van der Waals surface area (Å²) in [6, 6.07) is 15.3. The van der Waals surface area contributed by atoms with Crippen LogP contribution >= 0.6 is 0 Å². The summed E-state index contributed by atoms with van der Waals surface area (Å²) >= 11 is 0. The Bertz CT molecular complexity index is 898. The van der Waals surface area contributed by atoms with Gasteiger partial charge in [0.15, 0.2) is 17.6 Å². The van der Waals surface area contributed by atoms with E-state index in [0.717, 1.165) is 37.1 Å². The topological polar surface area (TPSA) is 97.1 Å². The van der Waals surface area contributed by atoms with Gasteiger partial charge in [0.2, 0.25) is 5.91 Å². The van der Waals surface area contributed by atoms with E-state index >= 15 is 0 Å². The fourth-order valence-corrected chi connectivity index (χ4v) is 4.40. The number of aliphatic hydroxyl groups excluding tert-OH is 1. The number of para-hydroxylation sites is 2. The number of amides is 1. The zero-order valence-corrected chi connectivity index (χ0v) is 17.9. The third-order valence-corrected chi connectivity index (χ3v) is 6.10. The summed E-state index contributed by atoms with van der Waals surface area (Å²) in [4.78, 5) is 14.3. The van der Waals surface area contributed by atoms with Crippen molar-refractivity contribution in [2.24, 2.45) is 5.73 Å². The van der Waals surface area contributed by atoms with Gasteiger partial charge in [-0.15, -0.1) is 0 Å². The number of hydrogen-bond donors (Lipinski definition) is 3. The van der Waals surface area contributed by atoms with Crippen molar-refractivity contribution < 1.29 is 19.4 Å². The predicted molar refractivity (Wildman–Crippen MR) is 118 cm³/mol. The average molecular weight is 426 g/mol. The number of likely N-dealkylation sites (tertiary alicyclic amines) is 1. The molecule has 7 heteroatoms. The Balaban J connectivity index is 1.27. The number of rotatable bonds is 7. The van der Waals surface area contributed by atoms with Gasteiger partial charge < -0.3 is 25.6 Å². The van der Waals surface area contributed by atoms with Crippen LogP contribution in [0.1, 0.15) is 30.0 Å². The number of nitrogens with one attached hydrogen (secondary N) is 1. The van der Waals surface area contributed by atoms with Gasteiger partial charge in [0, 0.05) is 25.7 Å². The molecule has 1 fully saturated rings. The molecule has 2 aromatic rings. The molecule has 4 rings (SSSR count). The first-order chi connectivity index (χ1) is 15.0. The van der Waals surface area contributed by atoms with E-state index in [9.17, 15) is 9.90 Å². The lowest BCUT2D eigenvalue weighted by molar-refractivity contribution is -0.124. The Morgan fingerprint density at radius 1 is 1.19 bits per heavy atom. The Labute approximate surface area is 183 Å². The summed E-state index contributed by atoms with van der Waals surface area (Å²) < 4.78 is 11.6. The van der Waals surface area contributed by atoms with Crippen LogP contribution in [-0.4, -0.2) is 60.4 Å². The van der Waals surface area contributed by atoms with E-state index in [-0.39, 0.29) is 11.9 Å². The second-order valence-electron chi connectivity index (χ2n) is 8.42. The Morgan fingerprint density at radius 3 is 2.65 bits per heavy atom. The van der Waals surface area contributed by atoms with Gasteiger partial charge in [-0.3, -0.25) is 9.69 Å². The minimum Gasteiger partial charge on any atom is -0.486 e. The molecule has 0 radical (unpaired) electrons. The number of piperidine rings is 1. The minimum atomic E-state index is -0.669. The van der Waals surface area contributed by atoms with Crippen LogP contribution in [0.25, 0.3) is 0 Å². The molecule has 2 aromatic carbocycles. The molecule has 3 unspecified atom stereocenters. The molecular formula is C24H31N3O4. The number of nitrogens with zero attached hydrogens (tertiary/aromatic N) is 1. The van der Waals surface area contributed by atoms with E-state index in [1.807, 2.05) is 55.5 Å². The molecule has 1 amide bonds. The summed E-state index contributed by atoms with van der Waals surface area (Å²) in [5.74, 6) is 1.06. The predicted octanol–water partition coefficient (Wildman–Crippen LogP) is 1.78. The van der Waals surface area contributed by atoms with Crippen LogP contribution in [0.5, 0.6) is 11.5 Å². The third kappa shape index (κ3) is 5.18. The molecule has 1 saturated heterocycles. The quantitative estimate of drug-likeness (QED) is 0.626. The highest BCUT2D eigenvalue weighted by atomic mass is 16.6. The van der Waals surface area contributed by atoms with Crippen molar-refractivity contribution >= 4 is 5.91 Å². The lowest BCUT2D eigenvalue weighted by Crippen LogP contribution is -2.50.